The molecule has 20 heavy (non-hydrogen) atoms. The highest BCUT2D eigenvalue weighted by Crippen LogP contribution is 2.29. The van der Waals surface area contributed by atoms with E-state index in [0.29, 0.717) is 19.6 Å². The van der Waals surface area contributed by atoms with Gasteiger partial charge in [0.1, 0.15) is 12.1 Å². The zero-order valence-electron chi connectivity index (χ0n) is 12.2. The first-order valence-corrected chi connectivity index (χ1v) is 7.91. The van der Waals surface area contributed by atoms with E-state index in [-0.39, 0.29) is 23.9 Å². The second kappa shape index (κ2) is 5.72. The van der Waals surface area contributed by atoms with Gasteiger partial charge in [0.25, 0.3) is 0 Å². The van der Waals surface area contributed by atoms with Crippen molar-refractivity contribution in [3.8, 4) is 0 Å². The van der Waals surface area contributed by atoms with E-state index in [1.54, 1.807) is 9.80 Å². The summed E-state index contributed by atoms with van der Waals surface area (Å²) in [6.07, 6.45) is 5.01. The molecule has 0 aromatic carbocycles. The Balaban J connectivity index is 1.60. The Kier molecular flexibility index (Phi) is 3.96. The third-order valence-electron chi connectivity index (χ3n) is 4.68. The summed E-state index contributed by atoms with van der Waals surface area (Å²) in [5.74, 6) is 1.00. The number of fused-ring (bicyclic) bond motifs is 1. The molecule has 3 rings (SSSR count). The topological polar surface area (TPSA) is 49.9 Å². The van der Waals surface area contributed by atoms with Crippen LogP contribution in [0.1, 0.15) is 39.0 Å². The Bertz CT molecular complexity index is 395. The third-order valence-corrected chi connectivity index (χ3v) is 4.68. The smallest absolute Gasteiger partial charge is 0.246 e. The van der Waals surface area contributed by atoms with Gasteiger partial charge in [-0.15, -0.1) is 0 Å². The van der Waals surface area contributed by atoms with Crippen LogP contribution in [-0.4, -0.2) is 60.0 Å². The Hall–Kier alpha value is -1.10. The lowest BCUT2D eigenvalue weighted by Crippen LogP contribution is -2.63. The van der Waals surface area contributed by atoms with Crippen LogP contribution in [-0.2, 0) is 14.3 Å². The molecule has 2 heterocycles. The van der Waals surface area contributed by atoms with Crippen LogP contribution >= 0.6 is 0 Å². The number of piperazine rings is 1. The van der Waals surface area contributed by atoms with Gasteiger partial charge >= 0.3 is 0 Å². The lowest BCUT2D eigenvalue weighted by atomic mass is 10.0. The summed E-state index contributed by atoms with van der Waals surface area (Å²) in [5.41, 5.74) is 0. The molecule has 2 unspecified atom stereocenters. The molecule has 0 aromatic rings. The van der Waals surface area contributed by atoms with E-state index < -0.39 is 0 Å². The molecule has 3 fully saturated rings. The molecule has 2 amide bonds. The largest absolute Gasteiger partial charge is 0.379 e. The van der Waals surface area contributed by atoms with Crippen molar-refractivity contribution in [3.63, 3.8) is 0 Å². The van der Waals surface area contributed by atoms with Gasteiger partial charge in [-0.3, -0.25) is 9.59 Å². The van der Waals surface area contributed by atoms with Crippen LogP contribution in [0.5, 0.6) is 0 Å². The number of carbonyl (C=O) groups is 2. The number of hydrogen-bond donors (Lipinski definition) is 0. The monoisotopic (exact) mass is 280 g/mol. The molecular formula is C15H24N2O3. The first kappa shape index (κ1) is 13.9. The van der Waals surface area contributed by atoms with Crippen LogP contribution in [0.3, 0.4) is 0 Å². The van der Waals surface area contributed by atoms with E-state index in [4.69, 9.17) is 4.74 Å². The summed E-state index contributed by atoms with van der Waals surface area (Å²) in [6.45, 7) is 4.64. The third kappa shape index (κ3) is 2.55. The van der Waals surface area contributed by atoms with Gasteiger partial charge in [-0.05, 0) is 38.0 Å². The molecule has 0 radical (unpaired) electrons. The molecule has 1 aliphatic carbocycles. The Morgan fingerprint density at radius 3 is 2.70 bits per heavy atom. The molecule has 0 spiro atoms. The second-order valence-corrected chi connectivity index (χ2v) is 6.16. The molecule has 112 valence electrons. The normalized spacial score (nSPS) is 30.1. The van der Waals surface area contributed by atoms with Crippen molar-refractivity contribution in [2.45, 2.75) is 51.1 Å². The van der Waals surface area contributed by atoms with Gasteiger partial charge in [-0.1, -0.05) is 6.92 Å². The summed E-state index contributed by atoms with van der Waals surface area (Å²) >= 11 is 0. The van der Waals surface area contributed by atoms with Crippen molar-refractivity contribution < 1.29 is 14.3 Å². The van der Waals surface area contributed by atoms with Gasteiger partial charge < -0.3 is 14.5 Å². The van der Waals surface area contributed by atoms with Crippen LogP contribution < -0.4 is 0 Å². The number of amides is 2. The van der Waals surface area contributed by atoms with Crippen molar-refractivity contribution >= 4 is 11.8 Å². The molecule has 2 saturated heterocycles. The van der Waals surface area contributed by atoms with Crippen molar-refractivity contribution in [1.29, 1.82) is 0 Å². The highest BCUT2D eigenvalue weighted by molar-refractivity contribution is 5.97. The van der Waals surface area contributed by atoms with Crippen LogP contribution in [0.4, 0.5) is 0 Å². The van der Waals surface area contributed by atoms with E-state index in [9.17, 15) is 9.59 Å². The van der Waals surface area contributed by atoms with E-state index in [2.05, 4.69) is 0 Å². The van der Waals surface area contributed by atoms with E-state index >= 15 is 0 Å². The lowest BCUT2D eigenvalue weighted by molar-refractivity contribution is -0.160. The minimum atomic E-state index is -0.277. The first-order valence-electron chi connectivity index (χ1n) is 7.91. The molecular weight excluding hydrogens is 256 g/mol. The van der Waals surface area contributed by atoms with E-state index in [1.807, 2.05) is 6.92 Å². The van der Waals surface area contributed by atoms with Gasteiger partial charge in [-0.2, -0.15) is 0 Å². The van der Waals surface area contributed by atoms with Crippen LogP contribution in [0, 0.1) is 5.92 Å². The molecule has 3 aliphatic rings. The maximum atomic E-state index is 12.5. The van der Waals surface area contributed by atoms with Crippen molar-refractivity contribution in [2.24, 2.45) is 5.92 Å². The SMILES string of the molecule is CCC1C(=O)N2CCCC2C(=O)N1CCOCC1CC1. The predicted octanol–water partition coefficient (Wildman–Crippen LogP) is 1.02. The molecule has 2 aliphatic heterocycles. The van der Waals surface area contributed by atoms with Gasteiger partial charge in [0, 0.05) is 19.7 Å². The molecule has 1 saturated carbocycles. The summed E-state index contributed by atoms with van der Waals surface area (Å²) in [6, 6.07) is -0.477. The van der Waals surface area contributed by atoms with Gasteiger partial charge in [0.2, 0.25) is 11.8 Å². The van der Waals surface area contributed by atoms with Crippen LogP contribution in [0.2, 0.25) is 0 Å². The number of carbonyl (C=O) groups excluding carboxylic acids is 2. The minimum Gasteiger partial charge on any atom is -0.379 e. The van der Waals surface area contributed by atoms with Gasteiger partial charge in [-0.25, -0.2) is 0 Å². The lowest BCUT2D eigenvalue weighted by Gasteiger charge is -2.42. The fraction of sp³-hybridized carbons (Fsp3) is 0.867. The summed E-state index contributed by atoms with van der Waals surface area (Å²) in [7, 11) is 0. The molecule has 0 N–H and O–H groups in total. The Morgan fingerprint density at radius 2 is 2.00 bits per heavy atom. The quantitative estimate of drug-likeness (QED) is 0.683. The average molecular weight is 280 g/mol. The second-order valence-electron chi connectivity index (χ2n) is 6.16. The highest BCUT2D eigenvalue weighted by Gasteiger charge is 2.46. The maximum Gasteiger partial charge on any atom is 0.246 e. The molecule has 0 bridgehead atoms. The van der Waals surface area contributed by atoms with Crippen molar-refractivity contribution in [1.82, 2.24) is 9.80 Å². The fourth-order valence-electron chi connectivity index (χ4n) is 3.32. The number of ether oxygens (including phenoxy) is 1. The molecule has 2 atom stereocenters. The molecule has 5 nitrogen and oxygen atoms in total. The number of nitrogens with zero attached hydrogens (tertiary/aromatic N) is 2. The fourth-order valence-corrected chi connectivity index (χ4v) is 3.32. The van der Waals surface area contributed by atoms with Crippen LogP contribution in [0.25, 0.3) is 0 Å². The van der Waals surface area contributed by atoms with Crippen molar-refractivity contribution in [2.75, 3.05) is 26.3 Å². The minimum absolute atomic E-state index is 0.129. The Labute approximate surface area is 120 Å². The summed E-state index contributed by atoms with van der Waals surface area (Å²) in [4.78, 5) is 28.5. The Morgan fingerprint density at radius 1 is 1.20 bits per heavy atom. The standard InChI is InChI=1S/C15H24N2O3/c1-2-12-14(18)16-7-3-4-13(16)15(19)17(12)8-9-20-10-11-5-6-11/h11-13H,2-10H2,1H3. The molecule has 0 aromatic heterocycles. The predicted molar refractivity (Wildman–Crippen MR) is 74.1 cm³/mol. The van der Waals surface area contributed by atoms with Crippen molar-refractivity contribution in [3.05, 3.63) is 0 Å². The zero-order valence-corrected chi connectivity index (χ0v) is 12.2. The maximum absolute atomic E-state index is 12.5. The summed E-state index contributed by atoms with van der Waals surface area (Å²) in [5, 5.41) is 0. The van der Waals surface area contributed by atoms with E-state index in [1.165, 1.54) is 12.8 Å². The van der Waals surface area contributed by atoms with E-state index in [0.717, 1.165) is 31.9 Å². The molecule has 5 heteroatoms. The van der Waals surface area contributed by atoms with Gasteiger partial charge in [0.05, 0.1) is 6.61 Å². The highest BCUT2D eigenvalue weighted by atomic mass is 16.5. The number of rotatable bonds is 6. The summed E-state index contributed by atoms with van der Waals surface area (Å²) < 4.78 is 5.63. The number of hydrogen-bond acceptors (Lipinski definition) is 3. The zero-order chi connectivity index (χ0) is 14.1. The average Bonchev–Trinajstić information content (AvgIpc) is 3.13. The van der Waals surface area contributed by atoms with Gasteiger partial charge in [0.15, 0.2) is 0 Å². The van der Waals surface area contributed by atoms with Crippen LogP contribution in [0.15, 0.2) is 0 Å². The first-order chi connectivity index (χ1) is 9.72.